The van der Waals surface area contributed by atoms with Gasteiger partial charge in [0.05, 0.1) is 11.6 Å². The quantitative estimate of drug-likeness (QED) is 0.716. The van der Waals surface area contributed by atoms with Gasteiger partial charge in [0, 0.05) is 26.1 Å². The molecule has 3 heteroatoms. The molecule has 3 nitrogen and oxygen atoms in total. The summed E-state index contributed by atoms with van der Waals surface area (Å²) in [5.41, 5.74) is -0.126. The van der Waals surface area contributed by atoms with E-state index in [0.29, 0.717) is 12.2 Å². The van der Waals surface area contributed by atoms with Crippen LogP contribution in [0.4, 0.5) is 0 Å². The molecule has 1 atom stereocenters. The molecule has 0 radical (unpaired) electrons. The lowest BCUT2D eigenvalue weighted by molar-refractivity contribution is -0.124. The van der Waals surface area contributed by atoms with E-state index in [2.05, 4.69) is 18.7 Å². The fourth-order valence-corrected chi connectivity index (χ4v) is 2.06. The first-order valence-corrected chi connectivity index (χ1v) is 5.87. The van der Waals surface area contributed by atoms with Gasteiger partial charge in [0.1, 0.15) is 5.78 Å². The van der Waals surface area contributed by atoms with Gasteiger partial charge in [-0.3, -0.25) is 9.69 Å². The molecule has 1 aliphatic heterocycles. The molecule has 0 spiro atoms. The van der Waals surface area contributed by atoms with Crippen molar-refractivity contribution >= 4 is 5.78 Å². The summed E-state index contributed by atoms with van der Waals surface area (Å²) in [5, 5.41) is 0. The number of carbonyl (C=O) groups is 1. The normalized spacial score (nSPS) is 24.5. The maximum atomic E-state index is 11.7. The van der Waals surface area contributed by atoms with E-state index in [4.69, 9.17) is 4.74 Å². The summed E-state index contributed by atoms with van der Waals surface area (Å²) in [6.45, 7) is 10.7. The molecule has 1 unspecified atom stereocenters. The van der Waals surface area contributed by atoms with E-state index in [1.165, 1.54) is 0 Å². The summed E-state index contributed by atoms with van der Waals surface area (Å²) >= 11 is 0. The number of nitrogens with zero attached hydrogens (tertiary/aromatic N) is 1. The first kappa shape index (κ1) is 12.7. The zero-order valence-corrected chi connectivity index (χ0v) is 10.4. The van der Waals surface area contributed by atoms with Gasteiger partial charge in [-0.15, -0.1) is 0 Å². The molecule has 0 aromatic heterocycles. The zero-order chi connectivity index (χ0) is 11.5. The minimum absolute atomic E-state index is 0.0379. The predicted molar refractivity (Wildman–Crippen MR) is 61.0 cm³/mol. The summed E-state index contributed by atoms with van der Waals surface area (Å²) < 4.78 is 5.73. The van der Waals surface area contributed by atoms with Crippen LogP contribution in [0.1, 0.15) is 40.5 Å². The Kier molecular flexibility index (Phi) is 4.29. The van der Waals surface area contributed by atoms with Crippen LogP contribution < -0.4 is 0 Å². The number of carbonyl (C=O) groups excluding carboxylic acids is 1. The van der Waals surface area contributed by atoms with Crippen LogP contribution in [-0.4, -0.2) is 42.0 Å². The third-order valence-corrected chi connectivity index (χ3v) is 3.03. The fraction of sp³-hybridized carbons (Fsp3) is 0.917. The average Bonchev–Trinajstić information content (AvgIpc) is 2.36. The van der Waals surface area contributed by atoms with E-state index in [1.807, 2.05) is 13.8 Å². The van der Waals surface area contributed by atoms with Crippen LogP contribution in [0.5, 0.6) is 0 Å². The predicted octanol–water partition coefficient (Wildman–Crippen LogP) is 1.85. The van der Waals surface area contributed by atoms with Gasteiger partial charge >= 0.3 is 0 Å². The van der Waals surface area contributed by atoms with Crippen molar-refractivity contribution in [3.05, 3.63) is 0 Å². The standard InChI is InChI=1S/C12H23NO2/c1-5-11(14)10(2)13-7-6-8-15-12(3,4)9-13/h10H,5-9H2,1-4H3. The number of rotatable bonds is 3. The lowest BCUT2D eigenvalue weighted by atomic mass is 10.1. The van der Waals surface area contributed by atoms with Gasteiger partial charge in [0.15, 0.2) is 0 Å². The Balaban J connectivity index is 2.63. The van der Waals surface area contributed by atoms with Gasteiger partial charge in [-0.25, -0.2) is 0 Å². The smallest absolute Gasteiger partial charge is 0.149 e. The third-order valence-electron chi connectivity index (χ3n) is 3.03. The highest BCUT2D eigenvalue weighted by Gasteiger charge is 2.29. The van der Waals surface area contributed by atoms with E-state index in [0.717, 1.165) is 26.1 Å². The van der Waals surface area contributed by atoms with Crippen LogP contribution >= 0.6 is 0 Å². The van der Waals surface area contributed by atoms with Gasteiger partial charge in [0.2, 0.25) is 0 Å². The van der Waals surface area contributed by atoms with Crippen LogP contribution in [0, 0.1) is 0 Å². The topological polar surface area (TPSA) is 29.5 Å². The van der Waals surface area contributed by atoms with E-state index in [-0.39, 0.29) is 11.6 Å². The average molecular weight is 213 g/mol. The molecule has 1 saturated heterocycles. The first-order chi connectivity index (χ1) is 6.96. The zero-order valence-electron chi connectivity index (χ0n) is 10.4. The molecule has 88 valence electrons. The van der Waals surface area contributed by atoms with E-state index >= 15 is 0 Å². The van der Waals surface area contributed by atoms with Crippen molar-refractivity contribution in [2.24, 2.45) is 0 Å². The first-order valence-electron chi connectivity index (χ1n) is 5.87. The van der Waals surface area contributed by atoms with Crippen molar-refractivity contribution in [3.63, 3.8) is 0 Å². The highest BCUT2D eigenvalue weighted by atomic mass is 16.5. The van der Waals surface area contributed by atoms with Gasteiger partial charge < -0.3 is 4.74 Å². The third kappa shape index (κ3) is 3.58. The van der Waals surface area contributed by atoms with Crippen molar-refractivity contribution in [1.82, 2.24) is 4.90 Å². The van der Waals surface area contributed by atoms with Crippen LogP contribution in [0.15, 0.2) is 0 Å². The molecule has 0 amide bonds. The van der Waals surface area contributed by atoms with Gasteiger partial charge in [0.25, 0.3) is 0 Å². The summed E-state index contributed by atoms with van der Waals surface area (Å²) in [4.78, 5) is 13.9. The Morgan fingerprint density at radius 2 is 2.20 bits per heavy atom. The molecule has 0 aromatic carbocycles. The van der Waals surface area contributed by atoms with Crippen LogP contribution in [0.2, 0.25) is 0 Å². The molecule has 1 aliphatic rings. The van der Waals surface area contributed by atoms with Gasteiger partial charge in [-0.05, 0) is 27.2 Å². The lowest BCUT2D eigenvalue weighted by Crippen LogP contribution is -2.45. The lowest BCUT2D eigenvalue weighted by Gasteiger charge is -2.32. The monoisotopic (exact) mass is 213 g/mol. The number of ether oxygens (including phenoxy) is 1. The largest absolute Gasteiger partial charge is 0.374 e. The summed E-state index contributed by atoms with van der Waals surface area (Å²) in [6.07, 6.45) is 1.64. The highest BCUT2D eigenvalue weighted by Crippen LogP contribution is 2.18. The molecule has 0 aromatic rings. The van der Waals surface area contributed by atoms with Gasteiger partial charge in [-0.1, -0.05) is 6.92 Å². The van der Waals surface area contributed by atoms with Crippen LogP contribution in [0.3, 0.4) is 0 Å². The van der Waals surface area contributed by atoms with Crippen LogP contribution in [-0.2, 0) is 9.53 Å². The number of hydrogen-bond acceptors (Lipinski definition) is 3. The second kappa shape index (κ2) is 5.08. The van der Waals surface area contributed by atoms with Crippen molar-refractivity contribution in [2.75, 3.05) is 19.7 Å². The Hall–Kier alpha value is -0.410. The number of Topliss-reactive ketones (excluding diaryl/α,β-unsaturated/α-hetero) is 1. The van der Waals surface area contributed by atoms with E-state index in [9.17, 15) is 4.79 Å². The molecular formula is C12H23NO2. The summed E-state index contributed by atoms with van der Waals surface area (Å²) in [6, 6.07) is 0.0379. The van der Waals surface area contributed by atoms with Crippen LogP contribution in [0.25, 0.3) is 0 Å². The molecule has 0 N–H and O–H groups in total. The van der Waals surface area contributed by atoms with E-state index < -0.39 is 0 Å². The Morgan fingerprint density at radius 3 is 2.80 bits per heavy atom. The minimum atomic E-state index is -0.126. The molecule has 1 heterocycles. The summed E-state index contributed by atoms with van der Waals surface area (Å²) in [5.74, 6) is 0.327. The fourth-order valence-electron chi connectivity index (χ4n) is 2.06. The molecule has 1 fully saturated rings. The van der Waals surface area contributed by atoms with E-state index in [1.54, 1.807) is 0 Å². The maximum absolute atomic E-state index is 11.7. The van der Waals surface area contributed by atoms with Crippen molar-refractivity contribution in [3.8, 4) is 0 Å². The molecule has 0 bridgehead atoms. The summed E-state index contributed by atoms with van der Waals surface area (Å²) in [7, 11) is 0. The van der Waals surface area contributed by atoms with Gasteiger partial charge in [-0.2, -0.15) is 0 Å². The molecular weight excluding hydrogens is 190 g/mol. The SMILES string of the molecule is CCC(=O)C(C)N1CCCOC(C)(C)C1. The Labute approximate surface area is 92.8 Å². The molecule has 15 heavy (non-hydrogen) atoms. The number of ketones is 1. The van der Waals surface area contributed by atoms with Crippen molar-refractivity contribution in [1.29, 1.82) is 0 Å². The second-order valence-corrected chi connectivity index (χ2v) is 4.93. The van der Waals surface area contributed by atoms with Crippen molar-refractivity contribution < 1.29 is 9.53 Å². The highest BCUT2D eigenvalue weighted by molar-refractivity contribution is 5.83. The minimum Gasteiger partial charge on any atom is -0.374 e. The molecule has 1 rings (SSSR count). The van der Waals surface area contributed by atoms with Crippen molar-refractivity contribution in [2.45, 2.75) is 52.2 Å². The molecule has 0 saturated carbocycles. The maximum Gasteiger partial charge on any atom is 0.149 e. The Morgan fingerprint density at radius 1 is 1.53 bits per heavy atom. The Bertz CT molecular complexity index is 226. The second-order valence-electron chi connectivity index (χ2n) is 4.93. The molecule has 0 aliphatic carbocycles. The number of hydrogen-bond donors (Lipinski definition) is 0.